The number of rotatable bonds is 7. The Kier molecular flexibility index (Phi) is 5.89. The van der Waals surface area contributed by atoms with Crippen molar-refractivity contribution in [1.82, 2.24) is 0 Å². The van der Waals surface area contributed by atoms with Gasteiger partial charge in [-0.15, -0.1) is 0 Å². The highest BCUT2D eigenvalue weighted by molar-refractivity contribution is 7.54. The van der Waals surface area contributed by atoms with Crippen LogP contribution >= 0.6 is 7.60 Å². The maximum atomic E-state index is 12.6. The van der Waals surface area contributed by atoms with E-state index in [1.165, 1.54) is 0 Å². The molecule has 0 saturated carbocycles. The van der Waals surface area contributed by atoms with Gasteiger partial charge < -0.3 is 9.05 Å². The van der Waals surface area contributed by atoms with Gasteiger partial charge >= 0.3 is 7.60 Å². The third-order valence-electron chi connectivity index (χ3n) is 2.18. The molecule has 0 aliphatic heterocycles. The third kappa shape index (κ3) is 3.59. The molecule has 0 unspecified atom stereocenters. The van der Waals surface area contributed by atoms with Crippen molar-refractivity contribution in [3.63, 3.8) is 0 Å². The van der Waals surface area contributed by atoms with Crippen LogP contribution in [-0.4, -0.2) is 13.2 Å². The molecule has 6 nitrogen and oxygen atoms in total. The van der Waals surface area contributed by atoms with Crippen LogP contribution in [0.5, 0.6) is 0 Å². The highest BCUT2D eigenvalue weighted by Crippen LogP contribution is 2.61. The Morgan fingerprint density at radius 3 is 2.28 bits per heavy atom. The van der Waals surface area contributed by atoms with Gasteiger partial charge in [-0.25, -0.2) is 0 Å². The molecular weight excluding hydrogens is 253 g/mol. The van der Waals surface area contributed by atoms with Crippen LogP contribution in [0.3, 0.4) is 0 Å². The Hall–Kier alpha value is -1.32. The molecule has 0 spiro atoms. The Labute approximate surface area is 106 Å². The summed E-state index contributed by atoms with van der Waals surface area (Å²) in [6, 6.07) is 8.83. The van der Waals surface area contributed by atoms with Crippen LogP contribution in [0.4, 0.5) is 0 Å². The monoisotopic (exact) mass is 269 g/mol. The zero-order valence-corrected chi connectivity index (χ0v) is 11.3. The van der Waals surface area contributed by atoms with E-state index in [9.17, 15) is 4.57 Å². The number of nitrogens with zero attached hydrogens (tertiary/aromatic N) is 3. The van der Waals surface area contributed by atoms with Gasteiger partial charge in [0.2, 0.25) is 0 Å². The molecule has 1 rings (SSSR count). The first-order valence-electron chi connectivity index (χ1n) is 5.66. The minimum Gasteiger partial charge on any atom is -0.308 e. The Morgan fingerprint density at radius 1 is 1.28 bits per heavy atom. The quantitative estimate of drug-likeness (QED) is 0.321. The summed E-state index contributed by atoms with van der Waals surface area (Å²) >= 11 is 0. The van der Waals surface area contributed by atoms with Crippen LogP contribution in [-0.2, 0) is 13.6 Å². The average Bonchev–Trinajstić information content (AvgIpc) is 2.37. The fraction of sp³-hybridized carbons (Fsp3) is 0.455. The van der Waals surface area contributed by atoms with Crippen molar-refractivity contribution in [1.29, 1.82) is 0 Å². The molecule has 0 bridgehead atoms. The fourth-order valence-corrected chi connectivity index (χ4v) is 3.31. The molecule has 0 aliphatic carbocycles. The summed E-state index contributed by atoms with van der Waals surface area (Å²) in [4.78, 5) is 2.74. The summed E-state index contributed by atoms with van der Waals surface area (Å²) in [7, 11) is -3.49. The lowest BCUT2D eigenvalue weighted by atomic mass is 10.2. The molecule has 98 valence electrons. The van der Waals surface area contributed by atoms with Crippen molar-refractivity contribution in [3.05, 3.63) is 46.3 Å². The Balaban J connectivity index is 3.17. The summed E-state index contributed by atoms with van der Waals surface area (Å²) in [6.45, 7) is 3.87. The van der Waals surface area contributed by atoms with Crippen molar-refractivity contribution in [3.8, 4) is 0 Å². The lowest BCUT2D eigenvalue weighted by Crippen LogP contribution is -2.04. The van der Waals surface area contributed by atoms with Gasteiger partial charge in [0.25, 0.3) is 0 Å². The third-order valence-corrected chi connectivity index (χ3v) is 4.41. The number of hydrogen-bond donors (Lipinski definition) is 0. The molecule has 1 aromatic rings. The number of benzene rings is 1. The van der Waals surface area contributed by atoms with Crippen LogP contribution in [0.25, 0.3) is 10.4 Å². The highest BCUT2D eigenvalue weighted by Gasteiger charge is 2.36. The smallest absolute Gasteiger partial charge is 0.308 e. The predicted molar refractivity (Wildman–Crippen MR) is 69.2 cm³/mol. The van der Waals surface area contributed by atoms with Crippen molar-refractivity contribution < 1.29 is 13.6 Å². The summed E-state index contributed by atoms with van der Waals surface area (Å²) < 4.78 is 23.0. The molecule has 0 N–H and O–H groups in total. The Morgan fingerprint density at radius 2 is 1.83 bits per heavy atom. The molecule has 1 atom stereocenters. The van der Waals surface area contributed by atoms with Gasteiger partial charge in [-0.2, -0.15) is 0 Å². The molecule has 1 aromatic carbocycles. The lowest BCUT2D eigenvalue weighted by Gasteiger charge is -2.23. The summed E-state index contributed by atoms with van der Waals surface area (Å²) in [5.74, 6) is -0.955. The highest BCUT2D eigenvalue weighted by atomic mass is 31.2. The van der Waals surface area contributed by atoms with E-state index in [1.807, 2.05) is 6.07 Å². The van der Waals surface area contributed by atoms with Crippen molar-refractivity contribution in [2.45, 2.75) is 19.6 Å². The molecule has 0 heterocycles. The molecule has 0 amide bonds. The van der Waals surface area contributed by atoms with Crippen LogP contribution in [0.15, 0.2) is 35.4 Å². The van der Waals surface area contributed by atoms with E-state index in [4.69, 9.17) is 14.6 Å². The topological polar surface area (TPSA) is 84.3 Å². The van der Waals surface area contributed by atoms with E-state index in [1.54, 1.807) is 38.1 Å². The zero-order valence-electron chi connectivity index (χ0n) is 10.4. The van der Waals surface area contributed by atoms with Crippen LogP contribution in [0.2, 0.25) is 0 Å². The maximum Gasteiger partial charge on any atom is 0.344 e. The van der Waals surface area contributed by atoms with Crippen LogP contribution < -0.4 is 0 Å². The first-order valence-corrected chi connectivity index (χ1v) is 7.27. The second kappa shape index (κ2) is 7.19. The lowest BCUT2D eigenvalue weighted by molar-refractivity contribution is 0.212. The second-order valence-electron chi connectivity index (χ2n) is 3.36. The minimum absolute atomic E-state index is 0.224. The van der Waals surface area contributed by atoms with E-state index >= 15 is 0 Å². The van der Waals surface area contributed by atoms with Gasteiger partial charge in [0.15, 0.2) is 5.78 Å². The van der Waals surface area contributed by atoms with Crippen LogP contribution in [0, 0.1) is 0 Å². The first-order chi connectivity index (χ1) is 8.68. The van der Waals surface area contributed by atoms with Gasteiger partial charge in [-0.05, 0) is 24.9 Å². The molecule has 0 saturated heterocycles. The van der Waals surface area contributed by atoms with Gasteiger partial charge in [-0.1, -0.05) is 35.4 Å². The largest absolute Gasteiger partial charge is 0.344 e. The molecule has 0 aliphatic rings. The van der Waals surface area contributed by atoms with E-state index in [-0.39, 0.29) is 13.2 Å². The summed E-state index contributed by atoms with van der Waals surface area (Å²) in [6.07, 6.45) is 0. The van der Waals surface area contributed by atoms with Crippen molar-refractivity contribution >= 4 is 7.60 Å². The van der Waals surface area contributed by atoms with Gasteiger partial charge in [-0.3, -0.25) is 4.57 Å². The minimum atomic E-state index is -3.49. The zero-order chi connectivity index (χ0) is 13.4. The second-order valence-corrected chi connectivity index (χ2v) is 5.45. The predicted octanol–water partition coefficient (Wildman–Crippen LogP) is 4.26. The molecule has 7 heteroatoms. The number of azide groups is 1. The van der Waals surface area contributed by atoms with E-state index < -0.39 is 13.4 Å². The van der Waals surface area contributed by atoms with Crippen LogP contribution in [0.1, 0.15) is 25.2 Å². The maximum absolute atomic E-state index is 12.6. The SMILES string of the molecule is CCOP(=O)(OCC)[C@@H](N=[N+]=[N-])c1ccccc1. The molecule has 0 radical (unpaired) electrons. The molecule has 0 fully saturated rings. The molecule has 18 heavy (non-hydrogen) atoms. The summed E-state index contributed by atoms with van der Waals surface area (Å²) in [5, 5.41) is 3.57. The first kappa shape index (κ1) is 14.7. The normalized spacial score (nSPS) is 12.8. The standard InChI is InChI=1S/C11H16N3O3P/c1-3-16-18(15,17-4-2)11(13-14-12)10-8-6-5-7-9-10/h5-9,11H,3-4H2,1-2H3/t11-/m1/s1. The fourth-order valence-electron chi connectivity index (χ4n) is 1.52. The molecular formula is C11H16N3O3P. The van der Waals surface area contributed by atoms with E-state index in [2.05, 4.69) is 10.0 Å². The van der Waals surface area contributed by atoms with Crippen molar-refractivity contribution in [2.75, 3.05) is 13.2 Å². The van der Waals surface area contributed by atoms with E-state index in [0.29, 0.717) is 5.56 Å². The van der Waals surface area contributed by atoms with Gasteiger partial charge in [0, 0.05) is 4.91 Å². The van der Waals surface area contributed by atoms with Gasteiger partial charge in [0.1, 0.15) is 0 Å². The van der Waals surface area contributed by atoms with Gasteiger partial charge in [0.05, 0.1) is 13.2 Å². The van der Waals surface area contributed by atoms with E-state index in [0.717, 1.165) is 0 Å². The van der Waals surface area contributed by atoms with Crippen molar-refractivity contribution in [2.24, 2.45) is 5.11 Å². The summed E-state index contributed by atoms with van der Waals surface area (Å²) in [5.41, 5.74) is 9.24. The number of hydrogen-bond acceptors (Lipinski definition) is 4. The molecule has 0 aromatic heterocycles. The Bertz CT molecular complexity index is 450. The average molecular weight is 269 g/mol.